The Bertz CT molecular complexity index is 1280. The van der Waals surface area contributed by atoms with Crippen LogP contribution in [0.5, 0.6) is 17.2 Å². The highest BCUT2D eigenvalue weighted by Gasteiger charge is 2.20. The molecule has 0 saturated carbocycles. The molecule has 8 nitrogen and oxygen atoms in total. The molecular formula is C20H16N4O4S. The van der Waals surface area contributed by atoms with Crippen LogP contribution < -0.4 is 14.2 Å². The normalized spacial score (nSPS) is 11.3. The van der Waals surface area contributed by atoms with Crippen molar-refractivity contribution >= 4 is 27.3 Å². The third-order valence-corrected chi connectivity index (χ3v) is 5.50. The van der Waals surface area contributed by atoms with E-state index in [2.05, 4.69) is 10.2 Å². The molecule has 5 aromatic rings. The number of ether oxygens (including phenoxy) is 3. The molecule has 0 bridgehead atoms. The third-order valence-electron chi connectivity index (χ3n) is 4.55. The molecule has 0 amide bonds. The van der Waals surface area contributed by atoms with Crippen molar-refractivity contribution in [1.82, 2.24) is 19.8 Å². The third kappa shape index (κ3) is 2.78. The topological polar surface area (TPSA) is 83.9 Å². The Hall–Kier alpha value is -3.59. The Balaban J connectivity index is 1.63. The number of benzene rings is 2. The van der Waals surface area contributed by atoms with Gasteiger partial charge in [0.2, 0.25) is 16.5 Å². The van der Waals surface area contributed by atoms with Gasteiger partial charge in [-0.05, 0) is 24.3 Å². The molecule has 2 aromatic carbocycles. The molecule has 0 aliphatic rings. The second-order valence-corrected chi connectivity index (χ2v) is 7.14. The van der Waals surface area contributed by atoms with E-state index in [4.69, 9.17) is 23.7 Å². The molecule has 0 spiro atoms. The van der Waals surface area contributed by atoms with E-state index in [1.165, 1.54) is 11.3 Å². The van der Waals surface area contributed by atoms with Crippen LogP contribution in [0.2, 0.25) is 0 Å². The van der Waals surface area contributed by atoms with Crippen LogP contribution in [-0.4, -0.2) is 41.1 Å². The lowest BCUT2D eigenvalue weighted by molar-refractivity contribution is 0.324. The minimum atomic E-state index is 0.532. The van der Waals surface area contributed by atoms with Crippen LogP contribution in [0.15, 0.2) is 46.9 Å². The first-order valence-corrected chi connectivity index (χ1v) is 9.55. The van der Waals surface area contributed by atoms with Gasteiger partial charge in [0, 0.05) is 10.9 Å². The van der Waals surface area contributed by atoms with Gasteiger partial charge in [0.15, 0.2) is 17.3 Å². The number of para-hydroxylation sites is 1. The molecule has 0 aliphatic carbocycles. The number of fused-ring (bicyclic) bond motifs is 2. The maximum Gasteiger partial charge on any atom is 0.235 e. The van der Waals surface area contributed by atoms with Gasteiger partial charge in [-0.25, -0.2) is 0 Å². The van der Waals surface area contributed by atoms with Crippen molar-refractivity contribution in [1.29, 1.82) is 0 Å². The van der Waals surface area contributed by atoms with Crippen molar-refractivity contribution in [2.45, 2.75) is 0 Å². The zero-order valence-electron chi connectivity index (χ0n) is 15.9. The molecule has 0 fully saturated rings. The van der Waals surface area contributed by atoms with Crippen LogP contribution in [0.1, 0.15) is 0 Å². The minimum absolute atomic E-state index is 0.532. The summed E-state index contributed by atoms with van der Waals surface area (Å²) in [5, 5.41) is 14.9. The Morgan fingerprint density at radius 2 is 1.69 bits per heavy atom. The first-order chi connectivity index (χ1) is 14.2. The van der Waals surface area contributed by atoms with E-state index in [0.29, 0.717) is 33.8 Å². The van der Waals surface area contributed by atoms with E-state index in [0.717, 1.165) is 21.5 Å². The van der Waals surface area contributed by atoms with Crippen molar-refractivity contribution in [3.05, 3.63) is 42.5 Å². The molecule has 5 rings (SSSR count). The van der Waals surface area contributed by atoms with E-state index >= 15 is 0 Å². The molecule has 0 atom stereocenters. The van der Waals surface area contributed by atoms with Crippen LogP contribution in [0.4, 0.5) is 0 Å². The maximum atomic E-state index is 5.92. The zero-order chi connectivity index (χ0) is 20.0. The van der Waals surface area contributed by atoms with Gasteiger partial charge in [0.05, 0.1) is 21.3 Å². The van der Waals surface area contributed by atoms with Crippen molar-refractivity contribution in [3.8, 4) is 39.4 Å². The highest BCUT2D eigenvalue weighted by Crippen LogP contribution is 2.42. The second kappa shape index (κ2) is 6.78. The molecule has 0 radical (unpaired) electrons. The molecule has 9 heteroatoms. The molecule has 0 unspecified atom stereocenters. The minimum Gasteiger partial charge on any atom is -0.493 e. The average molecular weight is 408 g/mol. The number of rotatable bonds is 5. The summed E-state index contributed by atoms with van der Waals surface area (Å²) in [5.41, 5.74) is 1.62. The van der Waals surface area contributed by atoms with Crippen molar-refractivity contribution < 1.29 is 18.6 Å². The lowest BCUT2D eigenvalue weighted by Crippen LogP contribution is -1.96. The van der Waals surface area contributed by atoms with Gasteiger partial charge in [-0.3, -0.25) is 0 Å². The summed E-state index contributed by atoms with van der Waals surface area (Å²) < 4.78 is 23.9. The number of hydrogen-bond acceptors (Lipinski definition) is 8. The summed E-state index contributed by atoms with van der Waals surface area (Å²) in [6.07, 6.45) is 0. The molecule has 0 saturated heterocycles. The van der Waals surface area contributed by atoms with E-state index in [9.17, 15) is 0 Å². The van der Waals surface area contributed by atoms with E-state index in [-0.39, 0.29) is 0 Å². The molecule has 3 heterocycles. The number of hydrogen-bond donors (Lipinski definition) is 0. The number of aromatic nitrogens is 4. The predicted molar refractivity (Wildman–Crippen MR) is 109 cm³/mol. The Morgan fingerprint density at radius 3 is 2.38 bits per heavy atom. The predicted octanol–water partition coefficient (Wildman–Crippen LogP) is 4.29. The Kier molecular flexibility index (Phi) is 4.09. The summed E-state index contributed by atoms with van der Waals surface area (Å²) >= 11 is 1.41. The number of methoxy groups -OCH3 is 3. The molecule has 0 aliphatic heterocycles. The highest BCUT2D eigenvalue weighted by atomic mass is 32.1. The lowest BCUT2D eigenvalue weighted by Gasteiger charge is -2.13. The summed E-state index contributed by atoms with van der Waals surface area (Å²) in [4.78, 5) is 0.657. The molecule has 3 aromatic heterocycles. The Labute approximate surface area is 169 Å². The highest BCUT2D eigenvalue weighted by molar-refractivity contribution is 7.19. The quantitative estimate of drug-likeness (QED) is 0.429. The van der Waals surface area contributed by atoms with Gasteiger partial charge >= 0.3 is 0 Å². The van der Waals surface area contributed by atoms with Gasteiger partial charge in [0.25, 0.3) is 0 Å². The van der Waals surface area contributed by atoms with Crippen LogP contribution in [-0.2, 0) is 0 Å². The molecular weight excluding hydrogens is 392 g/mol. The van der Waals surface area contributed by atoms with Gasteiger partial charge in [-0.1, -0.05) is 29.5 Å². The average Bonchev–Trinajstić information content (AvgIpc) is 3.45. The summed E-state index contributed by atoms with van der Waals surface area (Å²) in [6, 6.07) is 13.4. The fourth-order valence-corrected chi connectivity index (χ4v) is 4.01. The largest absolute Gasteiger partial charge is 0.493 e. The van der Waals surface area contributed by atoms with Crippen LogP contribution in [0.25, 0.3) is 38.1 Å². The van der Waals surface area contributed by atoms with Crippen molar-refractivity contribution in [2.24, 2.45) is 0 Å². The fraction of sp³-hybridized carbons (Fsp3) is 0.150. The SMILES string of the molecule is COc1cc(-c2nn3c(-c4cc5ccccc5o4)nnc3s2)cc(OC)c1OC. The standard InChI is InChI=1S/C20H16N4O4S/c1-25-14-9-12(10-15(26-2)17(14)27-3)19-23-24-18(21-22-20(24)29-19)16-8-11-6-4-5-7-13(11)28-16/h4-10H,1-3H3. The second-order valence-electron chi connectivity index (χ2n) is 6.19. The lowest BCUT2D eigenvalue weighted by atomic mass is 10.2. The van der Waals surface area contributed by atoms with Crippen molar-refractivity contribution in [2.75, 3.05) is 21.3 Å². The van der Waals surface area contributed by atoms with E-state index in [1.807, 2.05) is 42.5 Å². The molecule has 29 heavy (non-hydrogen) atoms. The summed E-state index contributed by atoms with van der Waals surface area (Å²) in [5.74, 6) is 2.81. The number of furan rings is 1. The Morgan fingerprint density at radius 1 is 0.931 bits per heavy atom. The smallest absolute Gasteiger partial charge is 0.235 e. The summed E-state index contributed by atoms with van der Waals surface area (Å²) in [7, 11) is 4.74. The van der Waals surface area contributed by atoms with Gasteiger partial charge in [-0.2, -0.15) is 9.61 Å². The first kappa shape index (κ1) is 17.5. The first-order valence-electron chi connectivity index (χ1n) is 8.73. The van der Waals surface area contributed by atoms with Gasteiger partial charge in [0.1, 0.15) is 10.6 Å². The van der Waals surface area contributed by atoms with Crippen LogP contribution in [0, 0.1) is 0 Å². The maximum absolute atomic E-state index is 5.92. The molecule has 0 N–H and O–H groups in total. The number of nitrogens with zero attached hydrogens (tertiary/aromatic N) is 4. The molecule has 146 valence electrons. The van der Waals surface area contributed by atoms with Crippen LogP contribution in [0.3, 0.4) is 0 Å². The monoisotopic (exact) mass is 408 g/mol. The van der Waals surface area contributed by atoms with Crippen molar-refractivity contribution in [3.63, 3.8) is 0 Å². The fourth-order valence-electron chi connectivity index (χ4n) is 3.18. The van der Waals surface area contributed by atoms with E-state index < -0.39 is 0 Å². The van der Waals surface area contributed by atoms with Gasteiger partial charge in [-0.15, -0.1) is 10.2 Å². The zero-order valence-corrected chi connectivity index (χ0v) is 16.7. The summed E-state index contributed by atoms with van der Waals surface area (Å²) in [6.45, 7) is 0. The van der Waals surface area contributed by atoms with E-state index in [1.54, 1.807) is 25.8 Å². The van der Waals surface area contributed by atoms with Crippen LogP contribution >= 0.6 is 11.3 Å². The van der Waals surface area contributed by atoms with Gasteiger partial charge < -0.3 is 18.6 Å².